The van der Waals surface area contributed by atoms with Gasteiger partial charge in [0.2, 0.25) is 0 Å². The molecule has 0 aromatic carbocycles. The molecule has 0 spiro atoms. The van der Waals surface area contributed by atoms with Crippen LogP contribution in [0.15, 0.2) is 0 Å². The number of nitrogens with one attached hydrogen (secondary N) is 1. The van der Waals surface area contributed by atoms with Gasteiger partial charge in [0.1, 0.15) is 0 Å². The standard InChI is InChI=1S/C13H27NO/c1-3-10-14-12(2)7-4-5-11-15-13-8-6-9-13/h12-14H,3-11H2,1-2H3. The van der Waals surface area contributed by atoms with Crippen LogP contribution in [-0.2, 0) is 4.74 Å². The third kappa shape index (κ3) is 6.16. The van der Waals surface area contributed by atoms with Crippen LogP contribution in [0.4, 0.5) is 0 Å². The van der Waals surface area contributed by atoms with Gasteiger partial charge in [0.15, 0.2) is 0 Å². The summed E-state index contributed by atoms with van der Waals surface area (Å²) in [4.78, 5) is 0. The molecule has 2 heteroatoms. The van der Waals surface area contributed by atoms with Crippen molar-refractivity contribution in [3.05, 3.63) is 0 Å². The van der Waals surface area contributed by atoms with Crippen molar-refractivity contribution in [3.63, 3.8) is 0 Å². The van der Waals surface area contributed by atoms with Crippen LogP contribution in [0.3, 0.4) is 0 Å². The van der Waals surface area contributed by atoms with E-state index in [-0.39, 0.29) is 0 Å². The van der Waals surface area contributed by atoms with E-state index in [0.717, 1.165) is 13.2 Å². The molecule has 0 saturated heterocycles. The fraction of sp³-hybridized carbons (Fsp3) is 1.00. The quantitative estimate of drug-likeness (QED) is 0.594. The third-order valence-corrected chi connectivity index (χ3v) is 3.18. The normalized spacial score (nSPS) is 18.8. The highest BCUT2D eigenvalue weighted by molar-refractivity contribution is 4.69. The Morgan fingerprint density at radius 1 is 1.33 bits per heavy atom. The van der Waals surface area contributed by atoms with Gasteiger partial charge in [-0.05, 0) is 58.4 Å². The van der Waals surface area contributed by atoms with E-state index in [1.165, 1.54) is 44.9 Å². The highest BCUT2D eigenvalue weighted by Gasteiger charge is 2.16. The van der Waals surface area contributed by atoms with Gasteiger partial charge in [0.05, 0.1) is 6.10 Å². The zero-order chi connectivity index (χ0) is 10.9. The summed E-state index contributed by atoms with van der Waals surface area (Å²) < 4.78 is 5.72. The zero-order valence-electron chi connectivity index (χ0n) is 10.4. The van der Waals surface area contributed by atoms with Gasteiger partial charge in [-0.2, -0.15) is 0 Å². The molecule has 90 valence electrons. The van der Waals surface area contributed by atoms with Gasteiger partial charge in [-0.3, -0.25) is 0 Å². The molecule has 0 aliphatic heterocycles. The highest BCUT2D eigenvalue weighted by Crippen LogP contribution is 2.22. The largest absolute Gasteiger partial charge is 0.378 e. The molecule has 1 fully saturated rings. The minimum Gasteiger partial charge on any atom is -0.378 e. The minimum atomic E-state index is 0.612. The van der Waals surface area contributed by atoms with Crippen LogP contribution in [0.2, 0.25) is 0 Å². The molecule has 1 aliphatic carbocycles. The van der Waals surface area contributed by atoms with Crippen LogP contribution >= 0.6 is 0 Å². The lowest BCUT2D eigenvalue weighted by Gasteiger charge is -2.25. The number of ether oxygens (including phenoxy) is 1. The molecular weight excluding hydrogens is 186 g/mol. The topological polar surface area (TPSA) is 21.3 Å². The predicted octanol–water partition coefficient (Wildman–Crippen LogP) is 3.11. The highest BCUT2D eigenvalue weighted by atomic mass is 16.5. The van der Waals surface area contributed by atoms with Gasteiger partial charge in [0.25, 0.3) is 0 Å². The number of unbranched alkanes of at least 4 members (excludes halogenated alkanes) is 1. The molecule has 0 aromatic rings. The summed E-state index contributed by atoms with van der Waals surface area (Å²) in [5.41, 5.74) is 0. The second-order valence-corrected chi connectivity index (χ2v) is 4.77. The lowest BCUT2D eigenvalue weighted by Crippen LogP contribution is -2.26. The van der Waals surface area contributed by atoms with Gasteiger partial charge in [-0.25, -0.2) is 0 Å². The lowest BCUT2D eigenvalue weighted by molar-refractivity contribution is 0.000512. The average Bonchev–Trinajstić information content (AvgIpc) is 2.17. The summed E-state index contributed by atoms with van der Waals surface area (Å²) in [5, 5.41) is 3.51. The fourth-order valence-electron chi connectivity index (χ4n) is 1.83. The van der Waals surface area contributed by atoms with Crippen molar-refractivity contribution in [2.45, 2.75) is 70.9 Å². The molecule has 1 unspecified atom stereocenters. The lowest BCUT2D eigenvalue weighted by atomic mass is 9.96. The number of hydrogen-bond acceptors (Lipinski definition) is 2. The Morgan fingerprint density at radius 2 is 2.13 bits per heavy atom. The SMILES string of the molecule is CCCNC(C)CCCCOC1CCC1. The number of hydrogen-bond donors (Lipinski definition) is 1. The smallest absolute Gasteiger partial charge is 0.0575 e. The van der Waals surface area contributed by atoms with Crippen LogP contribution in [0.5, 0.6) is 0 Å². The van der Waals surface area contributed by atoms with E-state index >= 15 is 0 Å². The van der Waals surface area contributed by atoms with Crippen molar-refractivity contribution in [3.8, 4) is 0 Å². The van der Waals surface area contributed by atoms with Gasteiger partial charge in [-0.1, -0.05) is 6.92 Å². The zero-order valence-corrected chi connectivity index (χ0v) is 10.4. The molecule has 1 atom stereocenters. The molecule has 15 heavy (non-hydrogen) atoms. The van der Waals surface area contributed by atoms with Crippen molar-refractivity contribution in [2.75, 3.05) is 13.2 Å². The number of rotatable bonds is 9. The van der Waals surface area contributed by atoms with Crippen LogP contribution in [0.25, 0.3) is 0 Å². The first-order valence-electron chi connectivity index (χ1n) is 6.68. The van der Waals surface area contributed by atoms with E-state index in [0.29, 0.717) is 12.1 Å². The molecule has 1 aliphatic rings. The Labute approximate surface area is 94.8 Å². The Kier molecular flexibility index (Phi) is 7.03. The van der Waals surface area contributed by atoms with Gasteiger partial charge in [-0.15, -0.1) is 0 Å². The summed E-state index contributed by atoms with van der Waals surface area (Å²) in [7, 11) is 0. The summed E-state index contributed by atoms with van der Waals surface area (Å²) in [6.07, 6.45) is 9.63. The van der Waals surface area contributed by atoms with Gasteiger partial charge in [0, 0.05) is 12.6 Å². The van der Waals surface area contributed by atoms with E-state index in [2.05, 4.69) is 19.2 Å². The van der Waals surface area contributed by atoms with Crippen LogP contribution in [0, 0.1) is 0 Å². The molecule has 0 bridgehead atoms. The van der Waals surface area contributed by atoms with Crippen molar-refractivity contribution in [1.82, 2.24) is 5.32 Å². The Hall–Kier alpha value is -0.0800. The molecule has 0 heterocycles. The molecule has 2 nitrogen and oxygen atoms in total. The van der Waals surface area contributed by atoms with E-state index in [1.807, 2.05) is 0 Å². The van der Waals surface area contributed by atoms with E-state index in [4.69, 9.17) is 4.74 Å². The minimum absolute atomic E-state index is 0.612. The maximum absolute atomic E-state index is 5.72. The molecule has 0 amide bonds. The second kappa shape index (κ2) is 8.12. The average molecular weight is 213 g/mol. The maximum atomic E-state index is 5.72. The molecule has 1 rings (SSSR count). The fourth-order valence-corrected chi connectivity index (χ4v) is 1.83. The van der Waals surface area contributed by atoms with Crippen molar-refractivity contribution in [1.29, 1.82) is 0 Å². The van der Waals surface area contributed by atoms with Crippen LogP contribution in [0.1, 0.15) is 58.8 Å². The van der Waals surface area contributed by atoms with Crippen LogP contribution in [-0.4, -0.2) is 25.3 Å². The molecule has 0 radical (unpaired) electrons. The molecule has 0 aromatic heterocycles. The van der Waals surface area contributed by atoms with Crippen LogP contribution < -0.4 is 5.32 Å². The van der Waals surface area contributed by atoms with Gasteiger partial charge >= 0.3 is 0 Å². The predicted molar refractivity (Wildman–Crippen MR) is 65.2 cm³/mol. The molecular formula is C13H27NO. The summed E-state index contributed by atoms with van der Waals surface area (Å²) in [5.74, 6) is 0. The first-order valence-corrected chi connectivity index (χ1v) is 6.68. The van der Waals surface area contributed by atoms with E-state index in [9.17, 15) is 0 Å². The Balaban J connectivity index is 1.78. The monoisotopic (exact) mass is 213 g/mol. The van der Waals surface area contributed by atoms with Crippen molar-refractivity contribution in [2.24, 2.45) is 0 Å². The summed E-state index contributed by atoms with van der Waals surface area (Å²) in [6.45, 7) is 6.62. The second-order valence-electron chi connectivity index (χ2n) is 4.77. The maximum Gasteiger partial charge on any atom is 0.0575 e. The first kappa shape index (κ1) is 13.0. The Morgan fingerprint density at radius 3 is 2.73 bits per heavy atom. The first-order chi connectivity index (χ1) is 7.33. The molecule has 1 saturated carbocycles. The van der Waals surface area contributed by atoms with Gasteiger partial charge < -0.3 is 10.1 Å². The van der Waals surface area contributed by atoms with E-state index < -0.39 is 0 Å². The molecule has 1 N–H and O–H groups in total. The third-order valence-electron chi connectivity index (χ3n) is 3.18. The summed E-state index contributed by atoms with van der Waals surface area (Å²) >= 11 is 0. The van der Waals surface area contributed by atoms with Crippen molar-refractivity contribution >= 4 is 0 Å². The summed E-state index contributed by atoms with van der Waals surface area (Å²) in [6, 6.07) is 0.675. The van der Waals surface area contributed by atoms with Crippen molar-refractivity contribution < 1.29 is 4.74 Å². The Bertz CT molecular complexity index is 145. The van der Waals surface area contributed by atoms with E-state index in [1.54, 1.807) is 0 Å².